The van der Waals surface area contributed by atoms with Crippen molar-refractivity contribution >= 4 is 21.6 Å². The maximum atomic E-state index is 9.19. The van der Waals surface area contributed by atoms with E-state index in [-0.39, 0.29) is 0 Å². The highest BCUT2D eigenvalue weighted by Crippen LogP contribution is 2.06. The van der Waals surface area contributed by atoms with Crippen molar-refractivity contribution in [2.24, 2.45) is 10.3 Å². The normalized spacial score (nSPS) is 10.0. The van der Waals surface area contributed by atoms with Crippen LogP contribution in [-0.2, 0) is 10.2 Å². The Bertz CT molecular complexity index is 337. The van der Waals surface area contributed by atoms with Gasteiger partial charge in [-0.3, -0.25) is 0 Å². The predicted octanol–water partition coefficient (Wildman–Crippen LogP) is -1.00. The Morgan fingerprint density at radius 3 is 1.46 bits per heavy atom. The van der Waals surface area contributed by atoms with E-state index in [0.717, 1.165) is 0 Å². The molecule has 13 heavy (non-hydrogen) atoms. The lowest BCUT2D eigenvalue weighted by molar-refractivity contribution is 0.599. The Labute approximate surface area is 76.7 Å². The Morgan fingerprint density at radius 1 is 1.00 bits per heavy atom. The van der Waals surface area contributed by atoms with E-state index in [2.05, 4.69) is 10.3 Å². The molecule has 1 rings (SSSR count). The zero-order valence-electron chi connectivity index (χ0n) is 6.84. The Morgan fingerprint density at radius 2 is 1.31 bits per heavy atom. The van der Waals surface area contributed by atoms with Crippen LogP contribution in [0.15, 0.2) is 24.3 Å². The van der Waals surface area contributed by atoms with Gasteiger partial charge in [0.1, 0.15) is 0 Å². The summed E-state index contributed by atoms with van der Waals surface area (Å²) in [5, 5.41) is 8.21. The molecule has 0 bridgehead atoms. The van der Waals surface area contributed by atoms with Crippen LogP contribution in [0.25, 0.3) is 0 Å². The molecule has 0 saturated carbocycles. The third kappa shape index (κ3) is 10.7. The van der Waals surface area contributed by atoms with Crippen molar-refractivity contribution in [2.75, 3.05) is 11.5 Å². The Balaban J connectivity index is 0.000000252. The Kier molecular flexibility index (Phi) is 4.18. The van der Waals surface area contributed by atoms with Gasteiger partial charge in [-0.05, 0) is 18.2 Å². The molecule has 8 N–H and O–H groups in total. The van der Waals surface area contributed by atoms with E-state index in [1.165, 1.54) is 0 Å². The monoisotopic (exact) mass is 204 g/mol. The summed E-state index contributed by atoms with van der Waals surface area (Å²) in [6, 6.07) is 7.15. The van der Waals surface area contributed by atoms with Crippen molar-refractivity contribution in [2.45, 2.75) is 0 Å². The molecule has 0 spiro atoms. The summed E-state index contributed by atoms with van der Waals surface area (Å²) in [4.78, 5) is 0. The number of hydrogen-bond donors (Lipinski definition) is 4. The van der Waals surface area contributed by atoms with Gasteiger partial charge in [0, 0.05) is 11.4 Å². The maximum Gasteiger partial charge on any atom is 0.271 e. The van der Waals surface area contributed by atoms with Gasteiger partial charge in [0.05, 0.1) is 0 Å². The summed E-state index contributed by atoms with van der Waals surface area (Å²) >= 11 is 0. The molecule has 6 nitrogen and oxygen atoms in total. The molecule has 0 aliphatic heterocycles. The van der Waals surface area contributed by atoms with Gasteiger partial charge in [-0.1, -0.05) is 6.07 Å². The van der Waals surface area contributed by atoms with Crippen LogP contribution in [0, 0.1) is 0 Å². The number of anilines is 2. The maximum absolute atomic E-state index is 9.19. The van der Waals surface area contributed by atoms with E-state index < -0.39 is 10.2 Å². The molecular formula is C6H12N4O2S. The quantitative estimate of drug-likeness (QED) is 0.402. The van der Waals surface area contributed by atoms with E-state index in [1.807, 2.05) is 6.07 Å². The summed E-state index contributed by atoms with van der Waals surface area (Å²) in [7, 11) is -3.67. The SMILES string of the molecule is NS(N)(=O)=O.Nc1cccc(N)c1. The second-order valence-corrected chi connectivity index (χ2v) is 3.44. The van der Waals surface area contributed by atoms with Gasteiger partial charge >= 0.3 is 0 Å². The summed E-state index contributed by atoms with van der Waals surface area (Å²) < 4.78 is 18.4. The minimum absolute atomic E-state index is 0.713. The summed E-state index contributed by atoms with van der Waals surface area (Å²) in [5.74, 6) is 0. The van der Waals surface area contributed by atoms with Crippen molar-refractivity contribution in [3.05, 3.63) is 24.3 Å². The molecule has 0 saturated heterocycles. The van der Waals surface area contributed by atoms with Crippen LogP contribution in [-0.4, -0.2) is 8.42 Å². The van der Waals surface area contributed by atoms with Crippen LogP contribution in [0.4, 0.5) is 11.4 Å². The molecule has 0 fully saturated rings. The molecule has 1 aromatic rings. The molecule has 74 valence electrons. The molecule has 0 unspecified atom stereocenters. The van der Waals surface area contributed by atoms with Crippen LogP contribution < -0.4 is 21.7 Å². The standard InChI is InChI=1S/C6H8N2.H4N2O2S/c7-5-2-1-3-6(8)4-5;1-5(2,3)4/h1-4H,7-8H2;(H4,1,2,3,4). The number of hydrogen-bond acceptors (Lipinski definition) is 4. The van der Waals surface area contributed by atoms with Gasteiger partial charge < -0.3 is 11.5 Å². The van der Waals surface area contributed by atoms with E-state index >= 15 is 0 Å². The molecule has 0 aliphatic carbocycles. The highest BCUT2D eigenvalue weighted by molar-refractivity contribution is 7.86. The molecular weight excluding hydrogens is 192 g/mol. The smallest absolute Gasteiger partial charge is 0.271 e. The van der Waals surface area contributed by atoms with Crippen LogP contribution in [0.2, 0.25) is 0 Å². The molecule has 0 heterocycles. The van der Waals surface area contributed by atoms with Crippen molar-refractivity contribution in [1.82, 2.24) is 0 Å². The van der Waals surface area contributed by atoms with Gasteiger partial charge in [0.25, 0.3) is 10.2 Å². The highest BCUT2D eigenvalue weighted by Gasteiger charge is 1.81. The zero-order valence-corrected chi connectivity index (χ0v) is 7.66. The van der Waals surface area contributed by atoms with Gasteiger partial charge in [-0.2, -0.15) is 8.42 Å². The average molecular weight is 204 g/mol. The number of rotatable bonds is 0. The predicted molar refractivity (Wildman–Crippen MR) is 52.6 cm³/mol. The molecule has 0 atom stereocenters. The van der Waals surface area contributed by atoms with Gasteiger partial charge in [-0.15, -0.1) is 0 Å². The molecule has 7 heteroatoms. The fourth-order valence-corrected chi connectivity index (χ4v) is 0.559. The van der Waals surface area contributed by atoms with Gasteiger partial charge in [0.2, 0.25) is 0 Å². The van der Waals surface area contributed by atoms with Crippen molar-refractivity contribution in [3.63, 3.8) is 0 Å². The third-order valence-electron chi connectivity index (χ3n) is 0.911. The molecule has 0 radical (unpaired) electrons. The van der Waals surface area contributed by atoms with Gasteiger partial charge in [0.15, 0.2) is 0 Å². The Hall–Kier alpha value is -1.31. The largest absolute Gasteiger partial charge is 0.399 e. The second-order valence-electron chi connectivity index (χ2n) is 2.26. The summed E-state index contributed by atoms with van der Waals surface area (Å²) in [6.45, 7) is 0. The fourth-order valence-electron chi connectivity index (χ4n) is 0.559. The van der Waals surface area contributed by atoms with Crippen LogP contribution in [0.3, 0.4) is 0 Å². The first-order valence-electron chi connectivity index (χ1n) is 3.20. The number of nitrogens with two attached hydrogens (primary N) is 4. The number of nitrogen functional groups attached to an aromatic ring is 2. The zero-order chi connectivity index (χ0) is 10.5. The third-order valence-corrected chi connectivity index (χ3v) is 0.911. The van der Waals surface area contributed by atoms with Crippen molar-refractivity contribution in [1.29, 1.82) is 0 Å². The lowest BCUT2D eigenvalue weighted by Crippen LogP contribution is -2.21. The molecule has 0 amide bonds. The first kappa shape index (κ1) is 11.7. The highest BCUT2D eigenvalue weighted by atomic mass is 32.2. The van der Waals surface area contributed by atoms with Crippen LogP contribution in [0.1, 0.15) is 0 Å². The topological polar surface area (TPSA) is 138 Å². The molecule has 1 aromatic carbocycles. The van der Waals surface area contributed by atoms with E-state index in [1.54, 1.807) is 18.2 Å². The van der Waals surface area contributed by atoms with E-state index in [4.69, 9.17) is 11.5 Å². The number of benzene rings is 1. The minimum Gasteiger partial charge on any atom is -0.399 e. The lowest BCUT2D eigenvalue weighted by Gasteiger charge is -1.91. The summed E-state index contributed by atoms with van der Waals surface area (Å²) in [6.07, 6.45) is 0. The average Bonchev–Trinajstić information content (AvgIpc) is 1.81. The minimum atomic E-state index is -3.67. The van der Waals surface area contributed by atoms with Crippen LogP contribution >= 0.6 is 0 Å². The van der Waals surface area contributed by atoms with Gasteiger partial charge in [-0.25, -0.2) is 10.3 Å². The molecule has 0 aromatic heterocycles. The first-order valence-corrected chi connectivity index (χ1v) is 4.81. The second kappa shape index (κ2) is 4.65. The lowest BCUT2D eigenvalue weighted by atomic mass is 10.3. The van der Waals surface area contributed by atoms with E-state index in [0.29, 0.717) is 11.4 Å². The summed E-state index contributed by atoms with van der Waals surface area (Å²) in [5.41, 5.74) is 12.2. The van der Waals surface area contributed by atoms with Crippen molar-refractivity contribution < 1.29 is 8.42 Å². The fraction of sp³-hybridized carbons (Fsp3) is 0. The van der Waals surface area contributed by atoms with E-state index in [9.17, 15) is 8.42 Å². The first-order chi connectivity index (χ1) is 5.79. The molecule has 0 aliphatic rings. The van der Waals surface area contributed by atoms with Crippen LogP contribution in [0.5, 0.6) is 0 Å². The van der Waals surface area contributed by atoms with Crippen molar-refractivity contribution in [3.8, 4) is 0 Å².